The molecule has 0 radical (unpaired) electrons. The minimum absolute atomic E-state index is 0.160. The van der Waals surface area contributed by atoms with Crippen LogP contribution in [0.15, 0.2) is 60.9 Å². The molecule has 1 aliphatic rings. The van der Waals surface area contributed by atoms with Gasteiger partial charge in [-0.25, -0.2) is 14.4 Å². The summed E-state index contributed by atoms with van der Waals surface area (Å²) in [4.78, 5) is 28.9. The van der Waals surface area contributed by atoms with Crippen molar-refractivity contribution in [2.75, 3.05) is 18.8 Å². The summed E-state index contributed by atoms with van der Waals surface area (Å²) in [6, 6.07) is 13.9. The van der Waals surface area contributed by atoms with Gasteiger partial charge in [0.15, 0.2) is 11.5 Å². The summed E-state index contributed by atoms with van der Waals surface area (Å²) in [5.74, 6) is -0.420. The second kappa shape index (κ2) is 8.88. The van der Waals surface area contributed by atoms with Crippen LogP contribution in [0.1, 0.15) is 35.8 Å². The zero-order valence-corrected chi connectivity index (χ0v) is 21.1. The number of likely N-dealkylation sites (tertiary alicyclic amines) is 1. The van der Waals surface area contributed by atoms with Crippen LogP contribution in [0.2, 0.25) is 0 Å². The SMILES string of the molecule is Cc1ccnc2ccc(-c3c(-c4ccc(F)cc4)nc(N)c4nc(C(=O)N5CCC(C)(O)CC5)cn34)cc12. The van der Waals surface area contributed by atoms with Crippen molar-refractivity contribution in [1.29, 1.82) is 0 Å². The number of rotatable bonds is 3. The van der Waals surface area contributed by atoms with E-state index < -0.39 is 5.60 Å². The summed E-state index contributed by atoms with van der Waals surface area (Å²) in [7, 11) is 0. The molecule has 0 saturated carbocycles. The van der Waals surface area contributed by atoms with Gasteiger partial charge in [-0.15, -0.1) is 0 Å². The fourth-order valence-electron chi connectivity index (χ4n) is 5.04. The average molecular weight is 511 g/mol. The van der Waals surface area contributed by atoms with Gasteiger partial charge in [0, 0.05) is 42.0 Å². The van der Waals surface area contributed by atoms with Crippen LogP contribution in [0.5, 0.6) is 0 Å². The molecule has 3 aromatic heterocycles. The van der Waals surface area contributed by atoms with Crippen LogP contribution in [0.25, 0.3) is 39.1 Å². The van der Waals surface area contributed by atoms with Gasteiger partial charge in [-0.1, -0.05) is 6.07 Å². The Kier molecular flexibility index (Phi) is 5.61. The number of benzene rings is 2. The zero-order valence-electron chi connectivity index (χ0n) is 21.1. The Morgan fingerprint density at radius 3 is 2.50 bits per heavy atom. The quantitative estimate of drug-likeness (QED) is 0.366. The molecule has 0 aliphatic carbocycles. The van der Waals surface area contributed by atoms with E-state index in [0.717, 1.165) is 22.0 Å². The Bertz CT molecular complexity index is 1700. The van der Waals surface area contributed by atoms with Crippen LogP contribution in [-0.4, -0.2) is 54.0 Å². The Morgan fingerprint density at radius 1 is 1.05 bits per heavy atom. The summed E-state index contributed by atoms with van der Waals surface area (Å²) in [5.41, 5.74) is 10.9. The third-order valence-corrected chi connectivity index (χ3v) is 7.33. The minimum atomic E-state index is -0.773. The number of amides is 1. The van der Waals surface area contributed by atoms with Crippen LogP contribution in [0, 0.1) is 12.7 Å². The highest BCUT2D eigenvalue weighted by atomic mass is 19.1. The number of piperidine rings is 1. The van der Waals surface area contributed by atoms with Crippen molar-refractivity contribution in [2.45, 2.75) is 32.3 Å². The van der Waals surface area contributed by atoms with Gasteiger partial charge in [-0.2, -0.15) is 0 Å². The molecule has 1 fully saturated rings. The summed E-state index contributed by atoms with van der Waals surface area (Å²) in [5, 5.41) is 11.3. The molecule has 0 bridgehead atoms. The van der Waals surface area contributed by atoms with Gasteiger partial charge >= 0.3 is 0 Å². The maximum Gasteiger partial charge on any atom is 0.274 e. The van der Waals surface area contributed by atoms with Gasteiger partial charge < -0.3 is 15.7 Å². The van der Waals surface area contributed by atoms with Crippen LogP contribution in [-0.2, 0) is 0 Å². The molecule has 0 unspecified atom stereocenters. The molecule has 3 N–H and O–H groups in total. The number of nitrogen functional groups attached to an aromatic ring is 1. The lowest BCUT2D eigenvalue weighted by atomic mass is 9.94. The van der Waals surface area contributed by atoms with Crippen LogP contribution >= 0.6 is 0 Å². The summed E-state index contributed by atoms with van der Waals surface area (Å²) < 4.78 is 15.6. The predicted molar refractivity (Wildman–Crippen MR) is 144 cm³/mol. The van der Waals surface area contributed by atoms with Crippen LogP contribution in [0.3, 0.4) is 0 Å². The molecule has 9 heteroatoms. The number of hydrogen-bond donors (Lipinski definition) is 2. The minimum Gasteiger partial charge on any atom is -0.390 e. The lowest BCUT2D eigenvalue weighted by Crippen LogP contribution is -2.45. The third-order valence-electron chi connectivity index (χ3n) is 7.33. The first-order valence-corrected chi connectivity index (χ1v) is 12.5. The summed E-state index contributed by atoms with van der Waals surface area (Å²) >= 11 is 0. The number of fused-ring (bicyclic) bond motifs is 2. The van der Waals surface area contributed by atoms with E-state index in [1.165, 1.54) is 12.1 Å². The maximum absolute atomic E-state index is 13.8. The van der Waals surface area contributed by atoms with Crippen LogP contribution < -0.4 is 5.73 Å². The van der Waals surface area contributed by atoms with E-state index in [0.29, 0.717) is 48.5 Å². The first-order chi connectivity index (χ1) is 18.2. The molecule has 1 saturated heterocycles. The van der Waals surface area contributed by atoms with E-state index in [1.54, 1.807) is 40.8 Å². The van der Waals surface area contributed by atoms with Crippen molar-refractivity contribution < 1.29 is 14.3 Å². The molecule has 1 aliphatic heterocycles. The largest absolute Gasteiger partial charge is 0.390 e. The number of nitrogens with two attached hydrogens (primary N) is 1. The number of imidazole rings is 1. The summed E-state index contributed by atoms with van der Waals surface area (Å²) in [6.45, 7) is 4.70. The molecule has 192 valence electrons. The van der Waals surface area contributed by atoms with E-state index in [1.807, 2.05) is 31.2 Å². The monoisotopic (exact) mass is 510 g/mol. The lowest BCUT2D eigenvalue weighted by Gasteiger charge is -2.35. The fourth-order valence-corrected chi connectivity index (χ4v) is 5.04. The highest BCUT2D eigenvalue weighted by molar-refractivity contribution is 5.95. The number of aromatic nitrogens is 4. The van der Waals surface area contributed by atoms with Crippen molar-refractivity contribution in [3.8, 4) is 22.5 Å². The number of nitrogens with zero attached hydrogens (tertiary/aromatic N) is 5. The smallest absolute Gasteiger partial charge is 0.274 e. The third kappa shape index (κ3) is 4.14. The topological polar surface area (TPSA) is 110 Å². The van der Waals surface area contributed by atoms with Gasteiger partial charge in [0.25, 0.3) is 5.91 Å². The first-order valence-electron chi connectivity index (χ1n) is 12.5. The molecule has 38 heavy (non-hydrogen) atoms. The van der Waals surface area contributed by atoms with E-state index in [4.69, 9.17) is 5.73 Å². The van der Waals surface area contributed by atoms with Crippen molar-refractivity contribution in [3.05, 3.63) is 78.0 Å². The number of carbonyl (C=O) groups is 1. The van der Waals surface area contributed by atoms with E-state index in [9.17, 15) is 14.3 Å². The number of anilines is 1. The normalized spacial score (nSPS) is 15.3. The fraction of sp³-hybridized carbons (Fsp3) is 0.241. The first kappa shape index (κ1) is 24.0. The van der Waals surface area contributed by atoms with Crippen molar-refractivity contribution >= 4 is 28.3 Å². The molecule has 1 amide bonds. The van der Waals surface area contributed by atoms with Crippen molar-refractivity contribution in [2.24, 2.45) is 0 Å². The second-order valence-corrected chi connectivity index (χ2v) is 10.2. The predicted octanol–water partition coefficient (Wildman–Crippen LogP) is 4.63. The standard InChI is InChI=1S/C29H27FN6O2/c1-17-9-12-32-22-8-5-19(15-21(17)22)25-24(18-3-6-20(30)7-4-18)34-26(31)27-33-23(16-36(25)27)28(37)35-13-10-29(2,38)11-14-35/h3-9,12,15-16,38H,10-11,13-14H2,1-2H3,(H2,31,34). The van der Waals surface area contributed by atoms with Gasteiger partial charge in [0.05, 0.1) is 22.5 Å². The van der Waals surface area contributed by atoms with Crippen molar-refractivity contribution in [3.63, 3.8) is 0 Å². The Balaban J connectivity index is 1.56. The number of carbonyl (C=O) groups excluding carboxylic acids is 1. The molecule has 6 rings (SSSR count). The number of aryl methyl sites for hydroxylation is 1. The van der Waals surface area contributed by atoms with E-state index in [-0.39, 0.29) is 23.2 Å². The average Bonchev–Trinajstić information content (AvgIpc) is 3.35. The van der Waals surface area contributed by atoms with E-state index >= 15 is 0 Å². The highest BCUT2D eigenvalue weighted by Crippen LogP contribution is 2.35. The number of pyridine rings is 1. The number of hydrogen-bond acceptors (Lipinski definition) is 6. The molecule has 8 nitrogen and oxygen atoms in total. The Labute approximate surface area is 218 Å². The van der Waals surface area contributed by atoms with E-state index in [2.05, 4.69) is 15.0 Å². The van der Waals surface area contributed by atoms with Gasteiger partial charge in [-0.05, 0) is 74.7 Å². The van der Waals surface area contributed by atoms with Gasteiger partial charge in [-0.3, -0.25) is 14.2 Å². The van der Waals surface area contributed by atoms with Crippen LogP contribution in [0.4, 0.5) is 10.2 Å². The molecule has 2 aromatic carbocycles. The molecule has 4 heterocycles. The zero-order chi connectivity index (χ0) is 26.6. The highest BCUT2D eigenvalue weighted by Gasteiger charge is 2.31. The second-order valence-electron chi connectivity index (χ2n) is 10.2. The molecule has 5 aromatic rings. The Hall–Kier alpha value is -4.37. The summed E-state index contributed by atoms with van der Waals surface area (Å²) in [6.07, 6.45) is 4.46. The molecular weight excluding hydrogens is 483 g/mol. The number of aliphatic hydroxyl groups is 1. The molecular formula is C29H27FN6O2. The van der Waals surface area contributed by atoms with Gasteiger partial charge in [0.2, 0.25) is 0 Å². The van der Waals surface area contributed by atoms with Gasteiger partial charge in [0.1, 0.15) is 11.5 Å². The molecule has 0 spiro atoms. The lowest BCUT2D eigenvalue weighted by molar-refractivity contribution is -0.00217. The maximum atomic E-state index is 13.8. The van der Waals surface area contributed by atoms with Crippen molar-refractivity contribution in [1.82, 2.24) is 24.3 Å². The molecule has 0 atom stereocenters. The number of halogens is 1. The Morgan fingerprint density at radius 2 is 1.76 bits per heavy atom.